The van der Waals surface area contributed by atoms with E-state index in [9.17, 15) is 4.39 Å². The first-order chi connectivity index (χ1) is 10.1. The zero-order chi connectivity index (χ0) is 15.2. The van der Waals surface area contributed by atoms with Crippen molar-refractivity contribution in [2.75, 3.05) is 24.3 Å². The van der Waals surface area contributed by atoms with Gasteiger partial charge in [-0.05, 0) is 25.3 Å². The molecular formula is C16H21FN4. The molecule has 2 rings (SSSR count). The number of hydrogen-bond donors (Lipinski definition) is 1. The Morgan fingerprint density at radius 3 is 2.62 bits per heavy atom. The van der Waals surface area contributed by atoms with Crippen molar-refractivity contribution >= 4 is 11.8 Å². The van der Waals surface area contributed by atoms with E-state index in [-0.39, 0.29) is 6.04 Å². The molecule has 1 heterocycles. The van der Waals surface area contributed by atoms with Gasteiger partial charge in [0.2, 0.25) is 5.95 Å². The average molecular weight is 288 g/mol. The van der Waals surface area contributed by atoms with E-state index in [0.717, 1.165) is 12.8 Å². The van der Waals surface area contributed by atoms with E-state index in [1.807, 2.05) is 18.2 Å². The van der Waals surface area contributed by atoms with Gasteiger partial charge in [0.25, 0.3) is 0 Å². The van der Waals surface area contributed by atoms with Gasteiger partial charge < -0.3 is 10.2 Å². The van der Waals surface area contributed by atoms with Crippen LogP contribution in [0, 0.1) is 5.82 Å². The maximum atomic E-state index is 13.5. The summed E-state index contributed by atoms with van der Waals surface area (Å²) in [5, 5.41) is 3.22. The van der Waals surface area contributed by atoms with Crippen molar-refractivity contribution < 1.29 is 4.39 Å². The summed E-state index contributed by atoms with van der Waals surface area (Å²) in [6, 6.07) is 10.5. The molecule has 0 radical (unpaired) electrons. The molecule has 0 bridgehead atoms. The molecule has 21 heavy (non-hydrogen) atoms. The molecule has 1 aromatic carbocycles. The van der Waals surface area contributed by atoms with Gasteiger partial charge in [-0.15, -0.1) is 0 Å². The molecule has 0 aliphatic heterocycles. The summed E-state index contributed by atoms with van der Waals surface area (Å²) in [4.78, 5) is 9.82. The molecule has 4 nitrogen and oxygen atoms in total. The summed E-state index contributed by atoms with van der Waals surface area (Å²) in [6.45, 7) is 2.07. The Kier molecular flexibility index (Phi) is 5.09. The van der Waals surface area contributed by atoms with Crippen molar-refractivity contribution in [3.8, 4) is 0 Å². The van der Waals surface area contributed by atoms with Crippen molar-refractivity contribution in [1.82, 2.24) is 9.97 Å². The highest BCUT2D eigenvalue weighted by molar-refractivity contribution is 5.42. The van der Waals surface area contributed by atoms with Crippen molar-refractivity contribution in [2.24, 2.45) is 0 Å². The maximum Gasteiger partial charge on any atom is 0.225 e. The SMILES string of the molecule is CC(CCc1ccccc1)Nc1ncc(F)c(N(C)C)n1. The Hall–Kier alpha value is -2.17. The molecule has 1 unspecified atom stereocenters. The Bertz CT molecular complexity index is 572. The van der Waals surface area contributed by atoms with Gasteiger partial charge in [0.15, 0.2) is 11.6 Å². The minimum absolute atomic E-state index is 0.214. The molecule has 1 atom stereocenters. The Morgan fingerprint density at radius 2 is 1.95 bits per heavy atom. The van der Waals surface area contributed by atoms with Crippen LogP contribution in [0.25, 0.3) is 0 Å². The number of hydrogen-bond acceptors (Lipinski definition) is 4. The van der Waals surface area contributed by atoms with E-state index >= 15 is 0 Å². The Balaban J connectivity index is 1.93. The van der Waals surface area contributed by atoms with E-state index in [4.69, 9.17) is 0 Å². The highest BCUT2D eigenvalue weighted by Crippen LogP contribution is 2.15. The van der Waals surface area contributed by atoms with E-state index in [1.54, 1.807) is 19.0 Å². The summed E-state index contributed by atoms with van der Waals surface area (Å²) in [5.74, 6) is 0.339. The molecule has 0 spiro atoms. The zero-order valence-electron chi connectivity index (χ0n) is 12.7. The fraction of sp³-hybridized carbons (Fsp3) is 0.375. The predicted octanol–water partition coefficient (Wildman–Crippen LogP) is 3.11. The Morgan fingerprint density at radius 1 is 1.24 bits per heavy atom. The van der Waals surface area contributed by atoms with Crippen molar-refractivity contribution in [1.29, 1.82) is 0 Å². The minimum Gasteiger partial charge on any atom is -0.360 e. The molecule has 0 aliphatic rings. The third kappa shape index (κ3) is 4.41. The predicted molar refractivity (Wildman–Crippen MR) is 84.2 cm³/mol. The second kappa shape index (κ2) is 7.02. The van der Waals surface area contributed by atoms with Crippen LogP contribution in [0.4, 0.5) is 16.2 Å². The van der Waals surface area contributed by atoms with Gasteiger partial charge in [0.1, 0.15) is 0 Å². The molecule has 0 saturated carbocycles. The number of aryl methyl sites for hydroxylation is 1. The summed E-state index contributed by atoms with van der Waals surface area (Å²) >= 11 is 0. The van der Waals surface area contributed by atoms with Crippen LogP contribution in [0.2, 0.25) is 0 Å². The second-order valence-electron chi connectivity index (χ2n) is 5.33. The van der Waals surface area contributed by atoms with Crippen molar-refractivity contribution in [2.45, 2.75) is 25.8 Å². The molecule has 112 valence electrons. The number of halogens is 1. The first-order valence-electron chi connectivity index (χ1n) is 7.06. The largest absolute Gasteiger partial charge is 0.360 e. The van der Waals surface area contributed by atoms with Gasteiger partial charge in [0, 0.05) is 20.1 Å². The number of benzene rings is 1. The topological polar surface area (TPSA) is 41.1 Å². The van der Waals surface area contributed by atoms with Gasteiger partial charge in [-0.2, -0.15) is 4.98 Å². The standard InChI is InChI=1S/C16H21FN4/c1-12(9-10-13-7-5-4-6-8-13)19-16-18-11-14(17)15(20-16)21(2)3/h4-8,11-12H,9-10H2,1-3H3,(H,18,19,20). The van der Waals surface area contributed by atoms with Gasteiger partial charge in [-0.3, -0.25) is 0 Å². The van der Waals surface area contributed by atoms with Gasteiger partial charge in [0.05, 0.1) is 6.20 Å². The molecule has 2 aromatic rings. The first-order valence-corrected chi connectivity index (χ1v) is 7.06. The molecule has 0 fully saturated rings. The van der Waals surface area contributed by atoms with Crippen LogP contribution in [0.1, 0.15) is 18.9 Å². The van der Waals surface area contributed by atoms with Crippen LogP contribution in [0.5, 0.6) is 0 Å². The van der Waals surface area contributed by atoms with E-state index < -0.39 is 5.82 Å². The lowest BCUT2D eigenvalue weighted by atomic mass is 10.1. The molecule has 1 N–H and O–H groups in total. The zero-order valence-corrected chi connectivity index (χ0v) is 12.7. The molecular weight excluding hydrogens is 267 g/mol. The fourth-order valence-electron chi connectivity index (χ4n) is 2.06. The number of nitrogens with zero attached hydrogens (tertiary/aromatic N) is 3. The molecule has 1 aromatic heterocycles. The van der Waals surface area contributed by atoms with Gasteiger partial charge >= 0.3 is 0 Å². The van der Waals surface area contributed by atoms with E-state index in [1.165, 1.54) is 11.8 Å². The van der Waals surface area contributed by atoms with Crippen LogP contribution in [-0.2, 0) is 6.42 Å². The summed E-state index contributed by atoms with van der Waals surface area (Å²) < 4.78 is 13.5. The molecule has 5 heteroatoms. The van der Waals surface area contributed by atoms with Crippen LogP contribution < -0.4 is 10.2 Å². The van der Waals surface area contributed by atoms with Gasteiger partial charge in [-0.25, -0.2) is 9.37 Å². The average Bonchev–Trinajstić information content (AvgIpc) is 2.48. The smallest absolute Gasteiger partial charge is 0.225 e. The first kappa shape index (κ1) is 15.2. The molecule has 0 amide bonds. The molecule has 0 saturated heterocycles. The number of nitrogens with one attached hydrogen (secondary N) is 1. The lowest BCUT2D eigenvalue weighted by molar-refractivity contribution is 0.610. The normalized spacial score (nSPS) is 12.0. The van der Waals surface area contributed by atoms with Crippen molar-refractivity contribution in [3.63, 3.8) is 0 Å². The number of aromatic nitrogens is 2. The van der Waals surface area contributed by atoms with Crippen LogP contribution in [0.15, 0.2) is 36.5 Å². The van der Waals surface area contributed by atoms with Crippen LogP contribution in [0.3, 0.4) is 0 Å². The Labute approximate surface area is 125 Å². The van der Waals surface area contributed by atoms with Gasteiger partial charge in [-0.1, -0.05) is 30.3 Å². The highest BCUT2D eigenvalue weighted by Gasteiger charge is 2.10. The minimum atomic E-state index is -0.414. The third-order valence-electron chi connectivity index (χ3n) is 3.23. The molecule has 0 aliphatic carbocycles. The fourth-order valence-corrected chi connectivity index (χ4v) is 2.06. The second-order valence-corrected chi connectivity index (χ2v) is 5.33. The van der Waals surface area contributed by atoms with E-state index in [2.05, 4.69) is 34.3 Å². The maximum absolute atomic E-state index is 13.5. The van der Waals surface area contributed by atoms with Crippen LogP contribution in [-0.4, -0.2) is 30.1 Å². The lowest BCUT2D eigenvalue weighted by Crippen LogP contribution is -2.20. The number of rotatable bonds is 6. The van der Waals surface area contributed by atoms with Crippen molar-refractivity contribution in [3.05, 3.63) is 47.9 Å². The quantitative estimate of drug-likeness (QED) is 0.886. The van der Waals surface area contributed by atoms with Crippen LogP contribution >= 0.6 is 0 Å². The highest BCUT2D eigenvalue weighted by atomic mass is 19.1. The van der Waals surface area contributed by atoms with E-state index in [0.29, 0.717) is 11.8 Å². The lowest BCUT2D eigenvalue weighted by Gasteiger charge is -2.16. The monoisotopic (exact) mass is 288 g/mol. The summed E-state index contributed by atoms with van der Waals surface area (Å²) in [5.41, 5.74) is 1.31. The summed E-state index contributed by atoms with van der Waals surface area (Å²) in [6.07, 6.45) is 3.15. The third-order valence-corrected chi connectivity index (χ3v) is 3.23. The summed E-state index contributed by atoms with van der Waals surface area (Å²) in [7, 11) is 3.52. The number of anilines is 2.